The summed E-state index contributed by atoms with van der Waals surface area (Å²) in [6.45, 7) is 2.01. The molecule has 1 aliphatic carbocycles. The molecule has 0 radical (unpaired) electrons. The van der Waals surface area contributed by atoms with Gasteiger partial charge in [-0.1, -0.05) is 77.8 Å². The van der Waals surface area contributed by atoms with E-state index in [1.165, 1.54) is 0 Å². The monoisotopic (exact) mass is 485 g/mol. The summed E-state index contributed by atoms with van der Waals surface area (Å²) in [6.07, 6.45) is -0.945. The van der Waals surface area contributed by atoms with Crippen LogP contribution in [0.2, 0.25) is 5.02 Å². The number of Topliss-reactive ketones (excluding diaryl/α,β-unsaturated/α-hetero) is 2. The van der Waals surface area contributed by atoms with Crippen LogP contribution in [0.15, 0.2) is 72.8 Å². The SMILES string of the molecule is Cc1ccc(CN2C(=O)[C@@H]3[C@@H](c4ccc(Cl)cc4)OC4(C(=O)c5ccccc5C4=O)[C@@H]3C2=O)cc1. The summed E-state index contributed by atoms with van der Waals surface area (Å²) in [5.74, 6) is -4.39. The highest BCUT2D eigenvalue weighted by Gasteiger charge is 2.74. The summed E-state index contributed by atoms with van der Waals surface area (Å²) in [6, 6.07) is 20.7. The normalized spacial score (nSPS) is 24.4. The number of hydrogen-bond acceptors (Lipinski definition) is 5. The van der Waals surface area contributed by atoms with Gasteiger partial charge in [0.2, 0.25) is 29.0 Å². The third-order valence-corrected chi connectivity index (χ3v) is 7.52. The standard InChI is InChI=1S/C28H20ClNO5/c1-15-6-8-16(9-7-15)14-30-26(33)21-22(27(30)34)28(35-23(21)17-10-12-18(29)13-11-17)24(31)19-4-2-3-5-20(19)25(28)32/h2-13,21-23H,14H2,1H3/t21-,22-,23+/m0/s1. The van der Waals surface area contributed by atoms with Gasteiger partial charge >= 0.3 is 0 Å². The molecular formula is C28H20ClNO5. The first-order valence-electron chi connectivity index (χ1n) is 11.4. The number of fused-ring (bicyclic) bond motifs is 3. The molecule has 0 N–H and O–H groups in total. The van der Waals surface area contributed by atoms with Gasteiger partial charge in [-0.15, -0.1) is 0 Å². The maximum absolute atomic E-state index is 13.8. The number of hydrogen-bond donors (Lipinski definition) is 0. The van der Waals surface area contributed by atoms with E-state index in [2.05, 4.69) is 0 Å². The van der Waals surface area contributed by atoms with Crippen molar-refractivity contribution >= 4 is 35.0 Å². The van der Waals surface area contributed by atoms with Gasteiger partial charge in [-0.2, -0.15) is 0 Å². The van der Waals surface area contributed by atoms with E-state index in [0.717, 1.165) is 16.0 Å². The Kier molecular flexibility index (Phi) is 4.82. The zero-order valence-electron chi connectivity index (χ0n) is 18.7. The molecule has 2 amide bonds. The van der Waals surface area contributed by atoms with Crippen LogP contribution in [-0.4, -0.2) is 33.9 Å². The number of carbonyl (C=O) groups excluding carboxylic acids is 4. The zero-order chi connectivity index (χ0) is 24.5. The second-order valence-electron chi connectivity index (χ2n) is 9.28. The van der Waals surface area contributed by atoms with Gasteiger partial charge in [-0.3, -0.25) is 24.1 Å². The minimum absolute atomic E-state index is 0.0592. The lowest BCUT2D eigenvalue weighted by atomic mass is 9.77. The smallest absolute Gasteiger partial charge is 0.237 e. The highest BCUT2D eigenvalue weighted by atomic mass is 35.5. The quantitative estimate of drug-likeness (QED) is 0.407. The molecule has 3 aliphatic rings. The summed E-state index contributed by atoms with van der Waals surface area (Å²) >= 11 is 6.06. The van der Waals surface area contributed by atoms with Gasteiger partial charge < -0.3 is 4.74 Å². The lowest BCUT2D eigenvalue weighted by Gasteiger charge is -2.27. The van der Waals surface area contributed by atoms with Crippen molar-refractivity contribution in [2.24, 2.45) is 11.8 Å². The Morgan fingerprint density at radius 2 is 1.43 bits per heavy atom. The van der Waals surface area contributed by atoms with Crippen molar-refractivity contribution in [3.63, 3.8) is 0 Å². The molecule has 2 heterocycles. The van der Waals surface area contributed by atoms with Crippen molar-refractivity contribution in [3.05, 3.63) is 106 Å². The molecule has 3 atom stereocenters. The molecule has 7 heteroatoms. The molecule has 3 aromatic carbocycles. The number of benzene rings is 3. The molecule has 2 aliphatic heterocycles. The molecule has 1 spiro atoms. The van der Waals surface area contributed by atoms with E-state index >= 15 is 0 Å². The van der Waals surface area contributed by atoms with Gasteiger partial charge in [0.15, 0.2) is 0 Å². The van der Waals surface area contributed by atoms with Crippen molar-refractivity contribution in [2.75, 3.05) is 0 Å². The molecular weight excluding hydrogens is 466 g/mol. The third kappa shape index (κ3) is 3.00. The summed E-state index contributed by atoms with van der Waals surface area (Å²) in [7, 11) is 0. The molecule has 0 aromatic heterocycles. The lowest BCUT2D eigenvalue weighted by Crippen LogP contribution is -2.50. The van der Waals surface area contributed by atoms with Gasteiger partial charge in [0.25, 0.3) is 0 Å². The van der Waals surface area contributed by atoms with Gasteiger partial charge in [0.05, 0.1) is 24.5 Å². The molecule has 6 nitrogen and oxygen atoms in total. The van der Waals surface area contributed by atoms with Crippen LogP contribution >= 0.6 is 11.6 Å². The van der Waals surface area contributed by atoms with Gasteiger partial charge in [-0.25, -0.2) is 0 Å². The first-order valence-corrected chi connectivity index (χ1v) is 11.7. The minimum Gasteiger partial charge on any atom is -0.349 e. The van der Waals surface area contributed by atoms with Crippen molar-refractivity contribution in [3.8, 4) is 0 Å². The molecule has 6 rings (SSSR count). The fourth-order valence-corrected chi connectivity index (χ4v) is 5.69. The predicted molar refractivity (Wildman–Crippen MR) is 127 cm³/mol. The van der Waals surface area contributed by atoms with E-state index < -0.39 is 46.9 Å². The molecule has 2 fully saturated rings. The van der Waals surface area contributed by atoms with Gasteiger partial charge in [-0.05, 0) is 30.2 Å². The summed E-state index contributed by atoms with van der Waals surface area (Å²) in [5, 5.41) is 0.494. The van der Waals surface area contributed by atoms with E-state index in [1.54, 1.807) is 48.5 Å². The van der Waals surface area contributed by atoms with Gasteiger partial charge in [0.1, 0.15) is 0 Å². The van der Waals surface area contributed by atoms with E-state index in [4.69, 9.17) is 16.3 Å². The van der Waals surface area contributed by atoms with E-state index in [0.29, 0.717) is 10.6 Å². The number of aryl methyl sites for hydroxylation is 1. The molecule has 0 unspecified atom stereocenters. The molecule has 0 saturated carbocycles. The first kappa shape index (κ1) is 21.9. The fourth-order valence-electron chi connectivity index (χ4n) is 5.56. The Bertz CT molecular complexity index is 1380. The molecule has 0 bridgehead atoms. The van der Waals surface area contributed by atoms with Crippen LogP contribution in [0, 0.1) is 18.8 Å². The maximum atomic E-state index is 13.8. The number of rotatable bonds is 3. The molecule has 3 aromatic rings. The summed E-state index contributed by atoms with van der Waals surface area (Å²) in [4.78, 5) is 56.1. The number of amides is 2. The van der Waals surface area contributed by atoms with E-state index in [-0.39, 0.29) is 17.7 Å². The molecule has 35 heavy (non-hydrogen) atoms. The zero-order valence-corrected chi connectivity index (χ0v) is 19.5. The average Bonchev–Trinajstić information content (AvgIpc) is 3.42. The lowest BCUT2D eigenvalue weighted by molar-refractivity contribution is -0.145. The van der Waals surface area contributed by atoms with Crippen molar-refractivity contribution in [2.45, 2.75) is 25.2 Å². The second kappa shape index (κ2) is 7.70. The Morgan fingerprint density at radius 3 is 2.03 bits per heavy atom. The Morgan fingerprint density at radius 1 is 0.829 bits per heavy atom. The second-order valence-corrected chi connectivity index (χ2v) is 9.72. The van der Waals surface area contributed by atoms with Crippen LogP contribution in [0.1, 0.15) is 43.5 Å². The van der Waals surface area contributed by atoms with Crippen LogP contribution in [0.5, 0.6) is 0 Å². The number of ether oxygens (including phenoxy) is 1. The maximum Gasteiger partial charge on any atom is 0.237 e. The highest BCUT2D eigenvalue weighted by Crippen LogP contribution is 2.57. The third-order valence-electron chi connectivity index (χ3n) is 7.27. The minimum atomic E-state index is -2.06. The van der Waals surface area contributed by atoms with Crippen molar-refractivity contribution in [1.82, 2.24) is 4.90 Å². The Labute approximate surface area is 206 Å². The summed E-state index contributed by atoms with van der Waals surface area (Å²) < 4.78 is 6.25. The topological polar surface area (TPSA) is 80.8 Å². The fraction of sp³-hybridized carbons (Fsp3) is 0.214. The van der Waals surface area contributed by atoms with E-state index in [9.17, 15) is 19.2 Å². The molecule has 174 valence electrons. The highest BCUT2D eigenvalue weighted by molar-refractivity contribution is 6.35. The Balaban J connectivity index is 1.48. The van der Waals surface area contributed by atoms with Gasteiger partial charge in [0, 0.05) is 16.1 Å². The Hall–Kier alpha value is -3.61. The number of likely N-dealkylation sites (tertiary alicyclic amines) is 1. The van der Waals surface area contributed by atoms with Crippen LogP contribution < -0.4 is 0 Å². The number of carbonyl (C=O) groups is 4. The number of ketones is 2. The number of nitrogens with zero attached hydrogens (tertiary/aromatic N) is 1. The first-order chi connectivity index (χ1) is 16.8. The van der Waals surface area contributed by atoms with Crippen LogP contribution in [0.4, 0.5) is 0 Å². The van der Waals surface area contributed by atoms with Crippen LogP contribution in [-0.2, 0) is 20.9 Å². The number of imide groups is 1. The van der Waals surface area contributed by atoms with Crippen molar-refractivity contribution < 1.29 is 23.9 Å². The van der Waals surface area contributed by atoms with Crippen LogP contribution in [0.3, 0.4) is 0 Å². The molecule has 2 saturated heterocycles. The van der Waals surface area contributed by atoms with Crippen LogP contribution in [0.25, 0.3) is 0 Å². The summed E-state index contributed by atoms with van der Waals surface area (Å²) in [5.41, 5.74) is 0.780. The largest absolute Gasteiger partial charge is 0.349 e. The van der Waals surface area contributed by atoms with E-state index in [1.807, 2.05) is 31.2 Å². The number of halogens is 1. The van der Waals surface area contributed by atoms with Crippen molar-refractivity contribution in [1.29, 1.82) is 0 Å². The predicted octanol–water partition coefficient (Wildman–Crippen LogP) is 4.34. The average molecular weight is 486 g/mol.